The maximum atomic E-state index is 10.8. The number of allylic oxidation sites excluding steroid dienone is 1. The number of carbonyl (C=O) groups excluding carboxylic acids is 1. The molecule has 0 fully saturated rings. The van der Waals surface area contributed by atoms with Gasteiger partial charge in [-0.2, -0.15) is 0 Å². The normalized spacial score (nSPS) is 8.80. The second-order valence-electron chi connectivity index (χ2n) is 2.03. The summed E-state index contributed by atoms with van der Waals surface area (Å²) in [5.74, 6) is -0.441. The van der Waals surface area contributed by atoms with Gasteiger partial charge >= 0.3 is 5.97 Å². The van der Waals surface area contributed by atoms with Crippen molar-refractivity contribution in [2.45, 2.75) is 20.8 Å². The Labute approximate surface area is 65.8 Å². The molecule has 58 valence electrons. The van der Waals surface area contributed by atoms with Gasteiger partial charge in [0.15, 0.2) is 0 Å². The molecular formula is C7H11ClO2. The number of hydrogen-bond donors (Lipinski definition) is 0. The van der Waals surface area contributed by atoms with E-state index in [0.29, 0.717) is 6.61 Å². The van der Waals surface area contributed by atoms with Crippen LogP contribution in [0.1, 0.15) is 20.8 Å². The van der Waals surface area contributed by atoms with E-state index in [0.717, 1.165) is 5.57 Å². The van der Waals surface area contributed by atoms with Crippen molar-refractivity contribution >= 4 is 17.6 Å². The van der Waals surface area contributed by atoms with Crippen LogP contribution in [-0.2, 0) is 9.53 Å². The smallest absolute Gasteiger partial charge is 0.349 e. The van der Waals surface area contributed by atoms with Crippen LogP contribution >= 0.6 is 11.6 Å². The molecular weight excluding hydrogens is 152 g/mol. The Morgan fingerprint density at radius 1 is 1.50 bits per heavy atom. The molecule has 0 aromatic heterocycles. The first kappa shape index (κ1) is 9.50. The maximum absolute atomic E-state index is 10.8. The van der Waals surface area contributed by atoms with Gasteiger partial charge < -0.3 is 4.74 Å². The van der Waals surface area contributed by atoms with Crippen molar-refractivity contribution in [3.63, 3.8) is 0 Å². The molecule has 0 aromatic carbocycles. The van der Waals surface area contributed by atoms with E-state index in [9.17, 15) is 4.79 Å². The zero-order valence-electron chi connectivity index (χ0n) is 6.40. The van der Waals surface area contributed by atoms with Crippen LogP contribution in [-0.4, -0.2) is 12.6 Å². The first-order valence-corrected chi connectivity index (χ1v) is 3.47. The lowest BCUT2D eigenvalue weighted by molar-refractivity contribution is -0.137. The summed E-state index contributed by atoms with van der Waals surface area (Å²) >= 11 is 5.55. The summed E-state index contributed by atoms with van der Waals surface area (Å²) in [6.07, 6.45) is 0. The van der Waals surface area contributed by atoms with Gasteiger partial charge in [-0.15, -0.1) is 0 Å². The van der Waals surface area contributed by atoms with E-state index in [1.165, 1.54) is 0 Å². The van der Waals surface area contributed by atoms with Crippen molar-refractivity contribution in [2.24, 2.45) is 0 Å². The molecule has 0 heterocycles. The van der Waals surface area contributed by atoms with Crippen LogP contribution in [0.4, 0.5) is 0 Å². The fraction of sp³-hybridized carbons (Fsp3) is 0.571. The van der Waals surface area contributed by atoms with Crippen molar-refractivity contribution in [1.29, 1.82) is 0 Å². The molecule has 0 aliphatic heterocycles. The topological polar surface area (TPSA) is 26.3 Å². The van der Waals surface area contributed by atoms with Gasteiger partial charge in [-0.3, -0.25) is 0 Å². The molecule has 0 saturated carbocycles. The number of carbonyl (C=O) groups is 1. The average Bonchev–Trinajstić information content (AvgIpc) is 1.87. The van der Waals surface area contributed by atoms with Crippen LogP contribution in [0.5, 0.6) is 0 Å². The van der Waals surface area contributed by atoms with E-state index < -0.39 is 5.97 Å². The largest absolute Gasteiger partial charge is 0.462 e. The van der Waals surface area contributed by atoms with Gasteiger partial charge in [0.25, 0.3) is 0 Å². The van der Waals surface area contributed by atoms with Crippen LogP contribution in [0, 0.1) is 0 Å². The summed E-state index contributed by atoms with van der Waals surface area (Å²) in [5.41, 5.74) is 0.778. The number of hydrogen-bond acceptors (Lipinski definition) is 2. The Morgan fingerprint density at radius 3 is 2.30 bits per heavy atom. The average molecular weight is 163 g/mol. The summed E-state index contributed by atoms with van der Waals surface area (Å²) < 4.78 is 4.64. The van der Waals surface area contributed by atoms with Crippen LogP contribution in [0.3, 0.4) is 0 Å². The van der Waals surface area contributed by atoms with Crippen molar-refractivity contribution in [3.8, 4) is 0 Å². The molecule has 0 rings (SSSR count). The molecule has 0 N–H and O–H groups in total. The summed E-state index contributed by atoms with van der Waals surface area (Å²) in [6.45, 7) is 5.63. The fourth-order valence-corrected chi connectivity index (χ4v) is 0.453. The lowest BCUT2D eigenvalue weighted by atomic mass is 10.3. The quantitative estimate of drug-likeness (QED) is 0.459. The highest BCUT2D eigenvalue weighted by molar-refractivity contribution is 6.41. The minimum absolute atomic E-state index is 0.182. The highest BCUT2D eigenvalue weighted by Crippen LogP contribution is 2.09. The molecule has 0 saturated heterocycles. The van der Waals surface area contributed by atoms with E-state index in [1.54, 1.807) is 20.8 Å². The summed E-state index contributed by atoms with van der Waals surface area (Å²) in [4.78, 5) is 10.8. The molecule has 10 heavy (non-hydrogen) atoms. The van der Waals surface area contributed by atoms with Crippen molar-refractivity contribution < 1.29 is 9.53 Å². The van der Waals surface area contributed by atoms with E-state index >= 15 is 0 Å². The second kappa shape index (κ2) is 4.34. The zero-order chi connectivity index (χ0) is 8.15. The van der Waals surface area contributed by atoms with Gasteiger partial charge in [-0.05, 0) is 20.8 Å². The van der Waals surface area contributed by atoms with Gasteiger partial charge in [0.2, 0.25) is 0 Å². The molecule has 0 aliphatic carbocycles. The summed E-state index contributed by atoms with van der Waals surface area (Å²) in [5, 5.41) is 0.182. The van der Waals surface area contributed by atoms with Crippen LogP contribution in [0.15, 0.2) is 10.6 Å². The van der Waals surface area contributed by atoms with Crippen molar-refractivity contribution in [1.82, 2.24) is 0 Å². The maximum Gasteiger partial charge on any atom is 0.349 e. The number of ether oxygens (including phenoxy) is 1. The third kappa shape index (κ3) is 2.87. The molecule has 0 radical (unpaired) electrons. The minimum Gasteiger partial charge on any atom is -0.462 e. The lowest BCUT2D eigenvalue weighted by Gasteiger charge is -1.99. The van der Waals surface area contributed by atoms with Crippen molar-refractivity contribution in [2.75, 3.05) is 6.61 Å². The fourth-order valence-electron chi connectivity index (χ4n) is 0.399. The molecule has 0 aromatic rings. The van der Waals surface area contributed by atoms with Crippen LogP contribution in [0.25, 0.3) is 0 Å². The van der Waals surface area contributed by atoms with Crippen LogP contribution < -0.4 is 0 Å². The lowest BCUT2D eigenvalue weighted by Crippen LogP contribution is -2.04. The van der Waals surface area contributed by atoms with Gasteiger partial charge in [0.05, 0.1) is 6.61 Å². The Morgan fingerprint density at radius 2 is 2.00 bits per heavy atom. The van der Waals surface area contributed by atoms with Gasteiger partial charge in [0, 0.05) is 0 Å². The van der Waals surface area contributed by atoms with E-state index in [2.05, 4.69) is 4.74 Å². The van der Waals surface area contributed by atoms with Gasteiger partial charge in [0.1, 0.15) is 5.03 Å². The number of esters is 1. The van der Waals surface area contributed by atoms with E-state index in [-0.39, 0.29) is 5.03 Å². The van der Waals surface area contributed by atoms with Gasteiger partial charge in [-0.1, -0.05) is 17.2 Å². The Balaban J connectivity index is 4.09. The predicted octanol–water partition coefficient (Wildman–Crippen LogP) is 2.08. The first-order chi connectivity index (χ1) is 4.59. The van der Waals surface area contributed by atoms with Gasteiger partial charge in [-0.25, -0.2) is 4.79 Å². The Hall–Kier alpha value is -0.500. The molecule has 0 unspecified atom stereocenters. The predicted molar refractivity (Wildman–Crippen MR) is 40.9 cm³/mol. The first-order valence-electron chi connectivity index (χ1n) is 3.09. The highest BCUT2D eigenvalue weighted by Gasteiger charge is 2.07. The third-order valence-corrected chi connectivity index (χ3v) is 1.43. The van der Waals surface area contributed by atoms with E-state index in [4.69, 9.17) is 11.6 Å². The molecule has 0 atom stereocenters. The van der Waals surface area contributed by atoms with E-state index in [1.807, 2.05) is 0 Å². The van der Waals surface area contributed by atoms with Crippen molar-refractivity contribution in [3.05, 3.63) is 10.6 Å². The third-order valence-electron chi connectivity index (χ3n) is 0.894. The Bertz CT molecular complexity index is 157. The monoisotopic (exact) mass is 162 g/mol. The molecule has 0 bridgehead atoms. The summed E-state index contributed by atoms with van der Waals surface area (Å²) in [6, 6.07) is 0. The SMILES string of the molecule is CCOC(=O)C(Cl)=C(C)C. The van der Waals surface area contributed by atoms with Crippen LogP contribution in [0.2, 0.25) is 0 Å². The molecule has 2 nitrogen and oxygen atoms in total. The zero-order valence-corrected chi connectivity index (χ0v) is 7.16. The second-order valence-corrected chi connectivity index (χ2v) is 2.41. The Kier molecular flexibility index (Phi) is 4.12. The molecule has 3 heteroatoms. The molecule has 0 aliphatic rings. The molecule has 0 amide bonds. The number of halogens is 1. The molecule has 0 spiro atoms. The highest BCUT2D eigenvalue weighted by atomic mass is 35.5. The number of rotatable bonds is 2. The summed E-state index contributed by atoms with van der Waals surface area (Å²) in [7, 11) is 0. The minimum atomic E-state index is -0.441. The standard InChI is InChI=1S/C7H11ClO2/c1-4-10-7(9)6(8)5(2)3/h4H2,1-3H3.